The third kappa shape index (κ3) is 3.63. The van der Waals surface area contributed by atoms with Gasteiger partial charge in [-0.3, -0.25) is 4.79 Å². The van der Waals surface area contributed by atoms with Gasteiger partial charge in [0, 0.05) is 42.7 Å². The number of hydrogen-bond donors (Lipinski definition) is 0. The van der Waals surface area contributed by atoms with Gasteiger partial charge in [-0.25, -0.2) is 9.97 Å². The number of benzene rings is 3. The van der Waals surface area contributed by atoms with Crippen molar-refractivity contribution in [3.8, 4) is 11.4 Å². The number of nitrogens with zero attached hydrogens (tertiary/aromatic N) is 4. The summed E-state index contributed by atoms with van der Waals surface area (Å²) in [6, 6.07) is 24.3. The number of carbonyl (C=O) groups excluding carboxylic acids is 1. The lowest BCUT2D eigenvalue weighted by atomic mass is 10.0. The Morgan fingerprint density at radius 2 is 1.55 bits per heavy atom. The maximum atomic E-state index is 13.6. The molecule has 164 valence electrons. The van der Waals surface area contributed by atoms with E-state index in [2.05, 4.69) is 29.2 Å². The summed E-state index contributed by atoms with van der Waals surface area (Å²) in [5, 5.41) is 2.10. The van der Waals surface area contributed by atoms with E-state index in [9.17, 15) is 4.79 Å². The zero-order chi connectivity index (χ0) is 22.2. The Labute approximate surface area is 193 Å². The van der Waals surface area contributed by atoms with Gasteiger partial charge in [-0.2, -0.15) is 0 Å². The molecule has 33 heavy (non-hydrogen) atoms. The summed E-state index contributed by atoms with van der Waals surface area (Å²) in [4.78, 5) is 27.9. The molecule has 0 radical (unpaired) electrons. The summed E-state index contributed by atoms with van der Waals surface area (Å²) in [6.45, 7) is 3.24. The molecule has 1 fully saturated rings. The van der Waals surface area contributed by atoms with E-state index < -0.39 is 0 Å². The van der Waals surface area contributed by atoms with Crippen LogP contribution in [-0.2, 0) is 13.0 Å². The highest BCUT2D eigenvalue weighted by Crippen LogP contribution is 2.32. The maximum absolute atomic E-state index is 13.6. The van der Waals surface area contributed by atoms with Crippen LogP contribution >= 0.6 is 0 Å². The summed E-state index contributed by atoms with van der Waals surface area (Å²) in [5.74, 6) is 1.87. The van der Waals surface area contributed by atoms with Gasteiger partial charge in [0.1, 0.15) is 5.82 Å². The van der Waals surface area contributed by atoms with E-state index in [1.165, 1.54) is 12.8 Å². The quantitative estimate of drug-likeness (QED) is 0.450. The molecule has 1 saturated heterocycles. The maximum Gasteiger partial charge on any atom is 0.254 e. The third-order valence-electron chi connectivity index (χ3n) is 6.78. The van der Waals surface area contributed by atoms with Crippen LogP contribution in [0.5, 0.6) is 0 Å². The second kappa shape index (κ2) is 8.32. The Morgan fingerprint density at radius 3 is 2.39 bits per heavy atom. The standard InChI is InChI=1S/C28H26N4O/c33-28(23-14-8-12-20-9-4-5-13-22(20)23)32-18-15-25-24(19-32)27(31-16-6-7-17-31)30-26(29-25)21-10-2-1-3-11-21/h1-5,8-14H,6-7,15-19H2. The van der Waals surface area contributed by atoms with Gasteiger partial charge in [0.25, 0.3) is 5.91 Å². The molecule has 1 aromatic heterocycles. The Bertz CT molecular complexity index is 1320. The van der Waals surface area contributed by atoms with Crippen LogP contribution in [0.4, 0.5) is 5.82 Å². The SMILES string of the molecule is O=C(c1cccc2ccccc12)N1CCc2nc(-c3ccccc3)nc(N3CCCC3)c2C1. The van der Waals surface area contributed by atoms with Gasteiger partial charge in [0.15, 0.2) is 5.82 Å². The van der Waals surface area contributed by atoms with Crippen molar-refractivity contribution in [1.82, 2.24) is 14.9 Å². The predicted octanol–water partition coefficient (Wildman–Crippen LogP) is 5.10. The smallest absolute Gasteiger partial charge is 0.254 e. The normalized spacial score (nSPS) is 15.6. The fraction of sp³-hybridized carbons (Fsp3) is 0.250. The molecule has 0 atom stereocenters. The van der Waals surface area contributed by atoms with Crippen LogP contribution in [0, 0.1) is 0 Å². The van der Waals surface area contributed by atoms with Crippen molar-refractivity contribution in [3.05, 3.63) is 89.6 Å². The highest BCUT2D eigenvalue weighted by atomic mass is 16.2. The van der Waals surface area contributed by atoms with Gasteiger partial charge < -0.3 is 9.80 Å². The average Bonchev–Trinajstić information content (AvgIpc) is 3.42. The fourth-order valence-corrected chi connectivity index (χ4v) is 5.06. The van der Waals surface area contributed by atoms with Crippen molar-refractivity contribution >= 4 is 22.5 Å². The molecule has 0 N–H and O–H groups in total. The second-order valence-corrected chi connectivity index (χ2v) is 8.86. The van der Waals surface area contributed by atoms with Crippen molar-refractivity contribution in [1.29, 1.82) is 0 Å². The van der Waals surface area contributed by atoms with E-state index in [-0.39, 0.29) is 5.91 Å². The molecule has 0 spiro atoms. The number of carbonyl (C=O) groups is 1. The molecule has 0 bridgehead atoms. The molecule has 0 unspecified atom stereocenters. The second-order valence-electron chi connectivity index (χ2n) is 8.86. The lowest BCUT2D eigenvalue weighted by molar-refractivity contribution is 0.0735. The van der Waals surface area contributed by atoms with E-state index >= 15 is 0 Å². The number of amides is 1. The first kappa shape index (κ1) is 19.9. The number of rotatable bonds is 3. The predicted molar refractivity (Wildman–Crippen MR) is 131 cm³/mol. The topological polar surface area (TPSA) is 49.3 Å². The summed E-state index contributed by atoms with van der Waals surface area (Å²) < 4.78 is 0. The minimum atomic E-state index is 0.0805. The summed E-state index contributed by atoms with van der Waals surface area (Å²) >= 11 is 0. The molecule has 2 aliphatic rings. The van der Waals surface area contributed by atoms with Crippen molar-refractivity contribution in [2.45, 2.75) is 25.8 Å². The lowest BCUT2D eigenvalue weighted by Gasteiger charge is -2.32. The number of fused-ring (bicyclic) bond motifs is 2. The first-order chi connectivity index (χ1) is 16.3. The molecule has 3 heterocycles. The van der Waals surface area contributed by atoms with E-state index in [0.717, 1.165) is 64.3 Å². The van der Waals surface area contributed by atoms with Gasteiger partial charge in [-0.05, 0) is 29.7 Å². The van der Waals surface area contributed by atoms with Crippen LogP contribution in [0.1, 0.15) is 34.5 Å². The summed E-state index contributed by atoms with van der Waals surface area (Å²) in [6.07, 6.45) is 3.10. The molecule has 3 aromatic carbocycles. The van der Waals surface area contributed by atoms with Gasteiger partial charge >= 0.3 is 0 Å². The van der Waals surface area contributed by atoms with E-state index in [1.54, 1.807) is 0 Å². The lowest BCUT2D eigenvalue weighted by Crippen LogP contribution is -2.38. The monoisotopic (exact) mass is 434 g/mol. The largest absolute Gasteiger partial charge is 0.356 e. The van der Waals surface area contributed by atoms with Gasteiger partial charge in [0.05, 0.1) is 12.2 Å². The molecule has 1 amide bonds. The zero-order valence-corrected chi connectivity index (χ0v) is 18.6. The van der Waals surface area contributed by atoms with Crippen LogP contribution in [0.3, 0.4) is 0 Å². The number of anilines is 1. The third-order valence-corrected chi connectivity index (χ3v) is 6.78. The Balaban J connectivity index is 1.39. The van der Waals surface area contributed by atoms with Crippen LogP contribution < -0.4 is 4.90 Å². The van der Waals surface area contributed by atoms with E-state index in [4.69, 9.17) is 9.97 Å². The van der Waals surface area contributed by atoms with Crippen molar-refractivity contribution < 1.29 is 4.79 Å². The minimum Gasteiger partial charge on any atom is -0.356 e. The number of hydrogen-bond acceptors (Lipinski definition) is 4. The summed E-state index contributed by atoms with van der Waals surface area (Å²) in [5.41, 5.74) is 3.99. The number of aromatic nitrogens is 2. The molecule has 5 nitrogen and oxygen atoms in total. The zero-order valence-electron chi connectivity index (χ0n) is 18.6. The van der Waals surface area contributed by atoms with Gasteiger partial charge in [-0.15, -0.1) is 0 Å². The van der Waals surface area contributed by atoms with Gasteiger partial charge in [0.2, 0.25) is 0 Å². The molecule has 4 aromatic rings. The van der Waals surface area contributed by atoms with Crippen molar-refractivity contribution in [2.24, 2.45) is 0 Å². The van der Waals surface area contributed by atoms with Crippen LogP contribution in [-0.4, -0.2) is 40.4 Å². The Hall–Kier alpha value is -3.73. The molecular formula is C28H26N4O. The van der Waals surface area contributed by atoms with E-state index in [0.29, 0.717) is 13.1 Å². The average molecular weight is 435 g/mol. The Morgan fingerprint density at radius 1 is 0.788 bits per heavy atom. The highest BCUT2D eigenvalue weighted by Gasteiger charge is 2.29. The van der Waals surface area contributed by atoms with Crippen molar-refractivity contribution in [2.75, 3.05) is 24.5 Å². The van der Waals surface area contributed by atoms with Crippen molar-refractivity contribution in [3.63, 3.8) is 0 Å². The van der Waals surface area contributed by atoms with Crippen LogP contribution in [0.15, 0.2) is 72.8 Å². The Kier molecular flexibility index (Phi) is 5.02. The molecule has 2 aliphatic heterocycles. The van der Waals surface area contributed by atoms with Crippen LogP contribution in [0.25, 0.3) is 22.2 Å². The fourth-order valence-electron chi connectivity index (χ4n) is 5.06. The summed E-state index contributed by atoms with van der Waals surface area (Å²) in [7, 11) is 0. The molecule has 0 aliphatic carbocycles. The highest BCUT2D eigenvalue weighted by molar-refractivity contribution is 6.07. The first-order valence-electron chi connectivity index (χ1n) is 11.7. The van der Waals surface area contributed by atoms with Gasteiger partial charge in [-0.1, -0.05) is 66.7 Å². The van der Waals surface area contributed by atoms with E-state index in [1.807, 2.05) is 53.4 Å². The molecule has 5 heteroatoms. The molecule has 0 saturated carbocycles. The van der Waals surface area contributed by atoms with Crippen LogP contribution in [0.2, 0.25) is 0 Å². The minimum absolute atomic E-state index is 0.0805. The molecule has 6 rings (SSSR count). The molecular weight excluding hydrogens is 408 g/mol. The first-order valence-corrected chi connectivity index (χ1v) is 11.7.